The Labute approximate surface area is 149 Å². The van der Waals surface area contributed by atoms with Crippen molar-refractivity contribution in [2.24, 2.45) is 0 Å². The average Bonchev–Trinajstić information content (AvgIpc) is 2.61. The van der Waals surface area contributed by atoms with Crippen LogP contribution in [-0.2, 0) is 15.1 Å². The maximum Gasteiger partial charge on any atom is 0.348 e. The molecule has 1 N–H and O–H groups in total. The zero-order chi connectivity index (χ0) is 17.9. The fourth-order valence-electron chi connectivity index (χ4n) is 3.57. The van der Waals surface area contributed by atoms with Crippen LogP contribution >= 0.6 is 0 Å². The summed E-state index contributed by atoms with van der Waals surface area (Å²) in [5.41, 5.74) is -0.747. The van der Waals surface area contributed by atoms with Crippen molar-refractivity contribution in [2.75, 3.05) is 27.2 Å². The van der Waals surface area contributed by atoms with Gasteiger partial charge in [0.25, 0.3) is 0 Å². The van der Waals surface area contributed by atoms with Crippen molar-refractivity contribution in [3.63, 3.8) is 0 Å². The molecule has 3 rings (SSSR count). The number of hydrogen-bond acceptors (Lipinski definition) is 3. The van der Waals surface area contributed by atoms with Crippen molar-refractivity contribution < 1.29 is 19.1 Å². The highest BCUT2D eigenvalue weighted by Gasteiger charge is 2.43. The largest absolute Gasteiger partial charge is 0.454 e. The highest BCUT2D eigenvalue weighted by Crippen LogP contribution is 2.32. The van der Waals surface area contributed by atoms with Gasteiger partial charge in [-0.15, -0.1) is 0 Å². The van der Waals surface area contributed by atoms with Gasteiger partial charge in [-0.1, -0.05) is 60.7 Å². The van der Waals surface area contributed by atoms with Crippen LogP contribution in [-0.4, -0.2) is 48.8 Å². The Bertz CT molecular complexity index is 673. The minimum absolute atomic E-state index is 0.171. The highest BCUT2D eigenvalue weighted by atomic mass is 16.6. The van der Waals surface area contributed by atoms with E-state index in [2.05, 4.69) is 14.1 Å². The third-order valence-electron chi connectivity index (χ3n) is 4.94. The summed E-state index contributed by atoms with van der Waals surface area (Å²) in [6, 6.07) is 18.0. The van der Waals surface area contributed by atoms with E-state index >= 15 is 0 Å². The number of carbonyl (C=O) groups is 1. The van der Waals surface area contributed by atoms with Gasteiger partial charge in [0, 0.05) is 6.42 Å². The summed E-state index contributed by atoms with van der Waals surface area (Å²) in [6.07, 6.45) is 1.68. The van der Waals surface area contributed by atoms with Gasteiger partial charge in [0.1, 0.15) is 6.54 Å². The summed E-state index contributed by atoms with van der Waals surface area (Å²) in [5, 5.41) is 11.4. The topological polar surface area (TPSA) is 46.5 Å². The Balaban J connectivity index is 1.91. The molecule has 132 valence electrons. The number of carbonyl (C=O) groups excluding carboxylic acids is 1. The van der Waals surface area contributed by atoms with Gasteiger partial charge in [-0.05, 0) is 17.5 Å². The average molecular weight is 340 g/mol. The molecule has 0 spiro atoms. The molecule has 0 aliphatic carbocycles. The van der Waals surface area contributed by atoms with Gasteiger partial charge < -0.3 is 14.3 Å². The molecule has 2 aromatic carbocycles. The molecule has 0 bridgehead atoms. The maximum atomic E-state index is 13.1. The normalized spacial score (nSPS) is 20.0. The van der Waals surface area contributed by atoms with E-state index in [0.29, 0.717) is 11.1 Å². The molecule has 1 aliphatic heterocycles. The lowest BCUT2D eigenvalue weighted by atomic mass is 9.86. The maximum absolute atomic E-state index is 13.1. The van der Waals surface area contributed by atoms with Crippen molar-refractivity contribution in [1.29, 1.82) is 0 Å². The fraction of sp³-hybridized carbons (Fsp3) is 0.381. The summed E-state index contributed by atoms with van der Waals surface area (Å²) in [7, 11) is 4.28. The van der Waals surface area contributed by atoms with Crippen molar-refractivity contribution >= 4 is 5.97 Å². The number of esters is 1. The first-order valence-electron chi connectivity index (χ1n) is 8.78. The molecule has 1 atom stereocenters. The second kappa shape index (κ2) is 6.98. The molecule has 25 heavy (non-hydrogen) atoms. The van der Waals surface area contributed by atoms with Crippen molar-refractivity contribution in [2.45, 2.75) is 24.5 Å². The van der Waals surface area contributed by atoms with E-state index < -0.39 is 11.6 Å². The first-order chi connectivity index (χ1) is 11.9. The molecule has 1 fully saturated rings. The molecule has 1 aliphatic rings. The van der Waals surface area contributed by atoms with Crippen LogP contribution in [0.3, 0.4) is 0 Å². The number of quaternary nitrogens is 1. The molecule has 0 saturated carbocycles. The van der Waals surface area contributed by atoms with Crippen molar-refractivity contribution in [1.82, 2.24) is 0 Å². The second-order valence-electron chi connectivity index (χ2n) is 7.45. The smallest absolute Gasteiger partial charge is 0.348 e. The number of nitrogens with zero attached hydrogens (tertiary/aromatic N) is 1. The number of piperidine rings is 1. The summed E-state index contributed by atoms with van der Waals surface area (Å²) in [5.74, 6) is -0.600. The highest BCUT2D eigenvalue weighted by molar-refractivity contribution is 5.85. The van der Waals surface area contributed by atoms with E-state index in [1.807, 2.05) is 36.4 Å². The SMILES string of the molecule is C[N+]1(C)CCC[C@@H](OC(=O)C(O)(c2ccccc2)c2ccccc2)C1. The number of benzene rings is 2. The number of ether oxygens (including phenoxy) is 1. The van der Waals surface area contributed by atoms with E-state index in [9.17, 15) is 9.90 Å². The lowest BCUT2D eigenvalue weighted by Crippen LogP contribution is -2.52. The standard InChI is InChI=1S/C21H26NO3/c1-22(2)15-9-14-19(16-22)25-20(23)21(24,17-10-5-3-6-11-17)18-12-7-4-8-13-18/h3-8,10-13,19,24H,9,14-16H2,1-2H3/q+1/t19-/m1/s1. The van der Waals surface area contributed by atoms with Gasteiger partial charge in [-0.2, -0.15) is 0 Å². The van der Waals surface area contributed by atoms with Gasteiger partial charge in [-0.3, -0.25) is 0 Å². The van der Waals surface area contributed by atoms with Crippen molar-refractivity contribution in [3.05, 3.63) is 71.8 Å². The van der Waals surface area contributed by atoms with Crippen LogP contribution in [0, 0.1) is 0 Å². The lowest BCUT2D eigenvalue weighted by molar-refractivity contribution is -0.898. The van der Waals surface area contributed by atoms with E-state index in [0.717, 1.165) is 30.4 Å². The molecule has 1 saturated heterocycles. The molecule has 2 aromatic rings. The molecule has 0 unspecified atom stereocenters. The number of likely N-dealkylation sites (tertiary alicyclic amines) is 1. The van der Waals surface area contributed by atoms with Crippen LogP contribution in [0.4, 0.5) is 0 Å². The Morgan fingerprint density at radius 1 is 1.04 bits per heavy atom. The third kappa shape index (κ3) is 3.75. The van der Waals surface area contributed by atoms with E-state index in [-0.39, 0.29) is 6.10 Å². The molecule has 0 aromatic heterocycles. The minimum Gasteiger partial charge on any atom is -0.454 e. The van der Waals surface area contributed by atoms with E-state index in [1.165, 1.54) is 0 Å². The molecular weight excluding hydrogens is 314 g/mol. The monoisotopic (exact) mass is 340 g/mol. The molecule has 0 radical (unpaired) electrons. The molecule has 4 heteroatoms. The zero-order valence-electron chi connectivity index (χ0n) is 14.9. The zero-order valence-corrected chi connectivity index (χ0v) is 14.9. The molecule has 0 amide bonds. The number of aliphatic hydroxyl groups is 1. The lowest BCUT2D eigenvalue weighted by Gasteiger charge is -2.38. The number of likely N-dealkylation sites (N-methyl/N-ethyl adjacent to an activating group) is 1. The van der Waals surface area contributed by atoms with Gasteiger partial charge in [0.05, 0.1) is 20.6 Å². The molecular formula is C21H26NO3+. The predicted octanol–water partition coefficient (Wildman–Crippen LogP) is 2.70. The number of hydrogen-bond donors (Lipinski definition) is 1. The van der Waals surface area contributed by atoms with Gasteiger partial charge in [0.2, 0.25) is 5.60 Å². The Morgan fingerprint density at radius 2 is 1.56 bits per heavy atom. The fourth-order valence-corrected chi connectivity index (χ4v) is 3.57. The van der Waals surface area contributed by atoms with Crippen LogP contribution < -0.4 is 0 Å². The Hall–Kier alpha value is -2.17. The second-order valence-corrected chi connectivity index (χ2v) is 7.45. The van der Waals surface area contributed by atoms with Gasteiger partial charge in [0.15, 0.2) is 6.10 Å². The van der Waals surface area contributed by atoms with Crippen LogP contribution in [0.5, 0.6) is 0 Å². The summed E-state index contributed by atoms with van der Waals surface area (Å²) in [4.78, 5) is 13.1. The Kier molecular flexibility index (Phi) is 4.93. The quantitative estimate of drug-likeness (QED) is 0.688. The first-order valence-corrected chi connectivity index (χ1v) is 8.78. The van der Waals surface area contributed by atoms with Gasteiger partial charge >= 0.3 is 5.97 Å². The predicted molar refractivity (Wildman–Crippen MR) is 96.8 cm³/mol. The van der Waals surface area contributed by atoms with Crippen molar-refractivity contribution in [3.8, 4) is 0 Å². The number of rotatable bonds is 4. The summed E-state index contributed by atoms with van der Waals surface area (Å²) < 4.78 is 6.62. The molecule has 4 nitrogen and oxygen atoms in total. The minimum atomic E-state index is -1.79. The Morgan fingerprint density at radius 3 is 2.04 bits per heavy atom. The van der Waals surface area contributed by atoms with E-state index in [4.69, 9.17) is 4.74 Å². The van der Waals surface area contributed by atoms with Crippen LogP contribution in [0.15, 0.2) is 60.7 Å². The van der Waals surface area contributed by atoms with Crippen LogP contribution in [0.1, 0.15) is 24.0 Å². The van der Waals surface area contributed by atoms with Crippen LogP contribution in [0.2, 0.25) is 0 Å². The molecule has 1 heterocycles. The summed E-state index contributed by atoms with van der Waals surface area (Å²) >= 11 is 0. The first kappa shape index (κ1) is 17.6. The summed E-state index contributed by atoms with van der Waals surface area (Å²) in [6.45, 7) is 1.85. The van der Waals surface area contributed by atoms with Crippen LogP contribution in [0.25, 0.3) is 0 Å². The van der Waals surface area contributed by atoms with E-state index in [1.54, 1.807) is 24.3 Å². The van der Waals surface area contributed by atoms with Gasteiger partial charge in [-0.25, -0.2) is 4.79 Å². The third-order valence-corrected chi connectivity index (χ3v) is 4.94.